The van der Waals surface area contributed by atoms with Crippen LogP contribution in [0, 0.1) is 0 Å². The summed E-state index contributed by atoms with van der Waals surface area (Å²) in [5.41, 5.74) is 2.43. The summed E-state index contributed by atoms with van der Waals surface area (Å²) in [6.07, 6.45) is 0. The van der Waals surface area contributed by atoms with E-state index >= 15 is 0 Å². The highest BCUT2D eigenvalue weighted by atomic mass is 79.9. The van der Waals surface area contributed by atoms with Gasteiger partial charge in [-0.15, -0.1) is 0 Å². The predicted octanol–water partition coefficient (Wildman–Crippen LogP) is 4.36. The first-order chi connectivity index (χ1) is 9.66. The Morgan fingerprint density at radius 2 is 1.55 bits per heavy atom. The van der Waals surface area contributed by atoms with Crippen molar-refractivity contribution in [2.75, 3.05) is 0 Å². The molecule has 5 heteroatoms. The minimum atomic E-state index is -0.105. The Kier molecular flexibility index (Phi) is 3.63. The van der Waals surface area contributed by atoms with Crippen LogP contribution < -0.4 is 5.56 Å². The molecule has 0 aliphatic carbocycles. The van der Waals surface area contributed by atoms with Gasteiger partial charge in [-0.3, -0.25) is 9.89 Å². The summed E-state index contributed by atoms with van der Waals surface area (Å²) >= 11 is 6.76. The van der Waals surface area contributed by atoms with Crippen LogP contribution in [0.5, 0.6) is 0 Å². The highest BCUT2D eigenvalue weighted by Crippen LogP contribution is 2.24. The quantitative estimate of drug-likeness (QED) is 0.690. The summed E-state index contributed by atoms with van der Waals surface area (Å²) in [5, 5.41) is 3.14. The van der Waals surface area contributed by atoms with Crippen LogP contribution in [0.15, 0.2) is 68.3 Å². The molecule has 1 heterocycles. The minimum absolute atomic E-state index is 0.105. The number of nitrogens with one attached hydrogen (secondary N) is 1. The third kappa shape index (κ3) is 2.39. The number of aromatic nitrogens is 2. The minimum Gasteiger partial charge on any atom is -0.289 e. The zero-order valence-corrected chi connectivity index (χ0v) is 13.5. The van der Waals surface area contributed by atoms with Gasteiger partial charge in [0.05, 0.1) is 11.4 Å². The van der Waals surface area contributed by atoms with Crippen molar-refractivity contribution >= 4 is 31.9 Å². The number of hydrogen-bond donors (Lipinski definition) is 1. The van der Waals surface area contributed by atoms with Crippen molar-refractivity contribution in [1.82, 2.24) is 9.78 Å². The molecule has 100 valence electrons. The van der Waals surface area contributed by atoms with Gasteiger partial charge in [0, 0.05) is 10.0 Å². The number of nitrogens with zero attached hydrogens (tertiary/aromatic N) is 1. The number of aromatic amines is 1. The van der Waals surface area contributed by atoms with Crippen molar-refractivity contribution in [1.29, 1.82) is 0 Å². The summed E-state index contributed by atoms with van der Waals surface area (Å²) in [4.78, 5) is 12.3. The highest BCUT2D eigenvalue weighted by molar-refractivity contribution is 9.10. The monoisotopic (exact) mass is 392 g/mol. The molecule has 20 heavy (non-hydrogen) atoms. The summed E-state index contributed by atoms with van der Waals surface area (Å²) < 4.78 is 3.04. The Labute approximate surface area is 132 Å². The molecule has 0 saturated carbocycles. The second-order valence-corrected chi connectivity index (χ2v) is 5.99. The van der Waals surface area contributed by atoms with Crippen LogP contribution in [0.25, 0.3) is 16.9 Å². The van der Waals surface area contributed by atoms with Crippen LogP contribution in [0.3, 0.4) is 0 Å². The topological polar surface area (TPSA) is 37.8 Å². The van der Waals surface area contributed by atoms with Crippen molar-refractivity contribution in [2.24, 2.45) is 0 Å². The molecule has 0 radical (unpaired) electrons. The van der Waals surface area contributed by atoms with Gasteiger partial charge < -0.3 is 0 Å². The Morgan fingerprint density at radius 3 is 2.20 bits per heavy atom. The van der Waals surface area contributed by atoms with E-state index in [1.807, 2.05) is 54.6 Å². The van der Waals surface area contributed by atoms with E-state index in [9.17, 15) is 4.79 Å². The van der Waals surface area contributed by atoms with E-state index in [4.69, 9.17) is 0 Å². The van der Waals surface area contributed by atoms with Gasteiger partial charge in [0.1, 0.15) is 4.47 Å². The largest absolute Gasteiger partial charge is 0.289 e. The Morgan fingerprint density at radius 1 is 0.900 bits per heavy atom. The van der Waals surface area contributed by atoms with Crippen molar-refractivity contribution in [3.63, 3.8) is 0 Å². The summed E-state index contributed by atoms with van der Waals surface area (Å²) in [6, 6.07) is 17.3. The summed E-state index contributed by atoms with van der Waals surface area (Å²) in [5.74, 6) is 0. The molecule has 0 unspecified atom stereocenters. The van der Waals surface area contributed by atoms with Crippen LogP contribution in [0.2, 0.25) is 0 Å². The zero-order valence-electron chi connectivity index (χ0n) is 10.3. The van der Waals surface area contributed by atoms with Gasteiger partial charge in [-0.25, -0.2) is 4.68 Å². The number of hydrogen-bond acceptors (Lipinski definition) is 1. The van der Waals surface area contributed by atoms with Crippen LogP contribution in [-0.2, 0) is 0 Å². The first-order valence-corrected chi connectivity index (χ1v) is 7.57. The SMILES string of the molecule is O=c1c(Br)c(-c2ccccc2)[nH]n1-c1ccc(Br)cc1. The van der Waals surface area contributed by atoms with Gasteiger partial charge >= 0.3 is 0 Å². The number of benzene rings is 2. The molecule has 0 bridgehead atoms. The molecular formula is C15H10Br2N2O. The lowest BCUT2D eigenvalue weighted by molar-refractivity contribution is 0.851. The summed E-state index contributed by atoms with van der Waals surface area (Å²) in [6.45, 7) is 0. The lowest BCUT2D eigenvalue weighted by atomic mass is 10.2. The van der Waals surface area contributed by atoms with E-state index in [1.54, 1.807) is 0 Å². The fourth-order valence-electron chi connectivity index (χ4n) is 1.98. The molecule has 1 N–H and O–H groups in total. The van der Waals surface area contributed by atoms with Crippen molar-refractivity contribution < 1.29 is 0 Å². The van der Waals surface area contributed by atoms with Gasteiger partial charge in [-0.1, -0.05) is 46.3 Å². The maximum Gasteiger partial charge on any atom is 0.286 e. The van der Waals surface area contributed by atoms with Crippen LogP contribution in [0.4, 0.5) is 0 Å². The van der Waals surface area contributed by atoms with E-state index in [0.29, 0.717) is 4.47 Å². The molecule has 3 nitrogen and oxygen atoms in total. The van der Waals surface area contributed by atoms with Crippen molar-refractivity contribution in [3.05, 3.63) is 73.9 Å². The van der Waals surface area contributed by atoms with Crippen LogP contribution >= 0.6 is 31.9 Å². The maximum absolute atomic E-state index is 12.3. The Bertz CT molecular complexity index is 789. The van der Waals surface area contributed by atoms with E-state index in [-0.39, 0.29) is 5.56 Å². The standard InChI is InChI=1S/C15H10Br2N2O/c16-11-6-8-12(9-7-11)19-15(20)13(17)14(18-19)10-4-2-1-3-5-10/h1-9,18H. The fourth-order valence-corrected chi connectivity index (χ4v) is 2.74. The van der Waals surface area contributed by atoms with Gasteiger partial charge in [-0.2, -0.15) is 0 Å². The highest BCUT2D eigenvalue weighted by Gasteiger charge is 2.13. The molecule has 2 aromatic carbocycles. The van der Waals surface area contributed by atoms with Crippen molar-refractivity contribution in [3.8, 4) is 16.9 Å². The lowest BCUT2D eigenvalue weighted by Crippen LogP contribution is -2.14. The van der Waals surface area contributed by atoms with Gasteiger partial charge in [0.15, 0.2) is 0 Å². The first-order valence-electron chi connectivity index (χ1n) is 5.98. The first kappa shape index (κ1) is 13.4. The predicted molar refractivity (Wildman–Crippen MR) is 87.2 cm³/mol. The summed E-state index contributed by atoms with van der Waals surface area (Å²) in [7, 11) is 0. The maximum atomic E-state index is 12.3. The molecule has 3 rings (SSSR count). The van der Waals surface area contributed by atoms with E-state index in [2.05, 4.69) is 37.0 Å². The number of H-pyrrole nitrogens is 1. The van der Waals surface area contributed by atoms with E-state index in [0.717, 1.165) is 21.4 Å². The second-order valence-electron chi connectivity index (χ2n) is 4.28. The Hall–Kier alpha value is -1.59. The number of rotatable bonds is 2. The third-order valence-corrected chi connectivity index (χ3v) is 4.25. The molecule has 1 aromatic heterocycles. The smallest absolute Gasteiger partial charge is 0.286 e. The molecule has 0 atom stereocenters. The van der Waals surface area contributed by atoms with E-state index < -0.39 is 0 Å². The van der Waals surface area contributed by atoms with Gasteiger partial charge in [-0.05, 0) is 40.2 Å². The van der Waals surface area contributed by atoms with E-state index in [1.165, 1.54) is 4.68 Å². The molecule has 0 amide bonds. The van der Waals surface area contributed by atoms with Gasteiger partial charge in [0.2, 0.25) is 0 Å². The van der Waals surface area contributed by atoms with Gasteiger partial charge in [0.25, 0.3) is 5.56 Å². The molecule has 0 aliphatic rings. The molecular weight excluding hydrogens is 384 g/mol. The molecule has 0 saturated heterocycles. The Balaban J connectivity index is 2.16. The second kappa shape index (κ2) is 5.42. The lowest BCUT2D eigenvalue weighted by Gasteiger charge is -2.02. The number of halogens is 2. The molecule has 3 aromatic rings. The third-order valence-electron chi connectivity index (χ3n) is 2.98. The molecule has 0 fully saturated rings. The van der Waals surface area contributed by atoms with Crippen molar-refractivity contribution in [2.45, 2.75) is 0 Å². The molecule has 0 aliphatic heterocycles. The van der Waals surface area contributed by atoms with Crippen LogP contribution in [-0.4, -0.2) is 9.78 Å². The fraction of sp³-hybridized carbons (Fsp3) is 0. The normalized spacial score (nSPS) is 10.7. The van der Waals surface area contributed by atoms with Crippen LogP contribution in [0.1, 0.15) is 0 Å². The average Bonchev–Trinajstić information content (AvgIpc) is 2.77. The molecule has 0 spiro atoms. The zero-order chi connectivity index (χ0) is 14.1. The average molecular weight is 394 g/mol.